The zero-order valence-electron chi connectivity index (χ0n) is 17.7. The highest BCUT2D eigenvalue weighted by Gasteiger charge is 2.13. The van der Waals surface area contributed by atoms with Crippen molar-refractivity contribution in [1.29, 1.82) is 0 Å². The molecule has 4 nitrogen and oxygen atoms in total. The van der Waals surface area contributed by atoms with Crippen LogP contribution in [0.2, 0.25) is 0 Å². The van der Waals surface area contributed by atoms with Crippen LogP contribution in [0.1, 0.15) is 117 Å². The number of hydrogen-bond donors (Lipinski definition) is 1. The molecule has 0 aromatic carbocycles. The Morgan fingerprint density at radius 2 is 1.11 bits per heavy atom. The van der Waals surface area contributed by atoms with Crippen LogP contribution in [0.25, 0.3) is 0 Å². The Bertz CT molecular complexity index is 390. The van der Waals surface area contributed by atoms with E-state index in [0.29, 0.717) is 0 Å². The normalized spacial score (nSPS) is 12.4. The zero-order valence-corrected chi connectivity index (χ0v) is 17.7. The maximum atomic E-state index is 11.8. The summed E-state index contributed by atoms with van der Waals surface area (Å²) in [7, 11) is 0. The molecule has 1 N–H and O–H groups in total. The molecular formula is C23H42O4. The highest BCUT2D eigenvalue weighted by molar-refractivity contribution is 5.90. The molecule has 0 saturated carbocycles. The molecule has 158 valence electrons. The van der Waals surface area contributed by atoms with Gasteiger partial charge in [-0.15, -0.1) is 0 Å². The Hall–Kier alpha value is -1.32. The van der Waals surface area contributed by atoms with Crippen LogP contribution in [0.5, 0.6) is 0 Å². The lowest BCUT2D eigenvalue weighted by Crippen LogP contribution is -2.17. The first-order chi connectivity index (χ1) is 13.1. The number of carbonyl (C=O) groups excluding carboxylic acids is 1. The quantitative estimate of drug-likeness (QED) is 0.151. The minimum Gasteiger partial charge on any atom is -0.478 e. The molecule has 4 heteroatoms. The lowest BCUT2D eigenvalue weighted by atomic mass is 10.0. The second-order valence-electron chi connectivity index (χ2n) is 7.55. The lowest BCUT2D eigenvalue weighted by molar-refractivity contribution is -0.144. The van der Waals surface area contributed by atoms with Crippen molar-refractivity contribution in [2.75, 3.05) is 0 Å². The molecule has 0 saturated heterocycles. The molecule has 0 amide bonds. The number of carboxylic acids is 1. The largest absolute Gasteiger partial charge is 0.478 e. The van der Waals surface area contributed by atoms with Gasteiger partial charge in [-0.1, -0.05) is 90.9 Å². The van der Waals surface area contributed by atoms with Crippen molar-refractivity contribution in [3.05, 3.63) is 12.2 Å². The SMILES string of the molecule is CCCCCCCCCCC(CCCCCCCC)OC(=O)/C=C/C(=O)O. The molecule has 0 aromatic heterocycles. The Morgan fingerprint density at radius 1 is 0.704 bits per heavy atom. The van der Waals surface area contributed by atoms with Crippen molar-refractivity contribution in [2.45, 2.75) is 123 Å². The van der Waals surface area contributed by atoms with E-state index in [1.165, 1.54) is 77.0 Å². The van der Waals surface area contributed by atoms with Crippen LogP contribution in [-0.4, -0.2) is 23.1 Å². The first-order valence-electron chi connectivity index (χ1n) is 11.2. The molecule has 1 unspecified atom stereocenters. The van der Waals surface area contributed by atoms with Gasteiger partial charge in [0.05, 0.1) is 0 Å². The third-order valence-corrected chi connectivity index (χ3v) is 4.90. The van der Waals surface area contributed by atoms with Crippen molar-refractivity contribution in [3.8, 4) is 0 Å². The first-order valence-corrected chi connectivity index (χ1v) is 11.2. The van der Waals surface area contributed by atoms with Crippen LogP contribution in [0, 0.1) is 0 Å². The smallest absolute Gasteiger partial charge is 0.331 e. The zero-order chi connectivity index (χ0) is 20.2. The van der Waals surface area contributed by atoms with E-state index < -0.39 is 11.9 Å². The lowest BCUT2D eigenvalue weighted by Gasteiger charge is -2.17. The van der Waals surface area contributed by atoms with Gasteiger partial charge in [-0.05, 0) is 25.7 Å². The van der Waals surface area contributed by atoms with Crippen LogP contribution in [0.15, 0.2) is 12.2 Å². The molecule has 0 fully saturated rings. The minimum absolute atomic E-state index is 0.0813. The molecule has 0 bridgehead atoms. The van der Waals surface area contributed by atoms with Crippen LogP contribution in [0.4, 0.5) is 0 Å². The van der Waals surface area contributed by atoms with E-state index in [2.05, 4.69) is 13.8 Å². The predicted molar refractivity (Wildman–Crippen MR) is 112 cm³/mol. The van der Waals surface area contributed by atoms with E-state index in [4.69, 9.17) is 9.84 Å². The van der Waals surface area contributed by atoms with Crippen LogP contribution < -0.4 is 0 Å². The van der Waals surface area contributed by atoms with Gasteiger partial charge >= 0.3 is 11.9 Å². The van der Waals surface area contributed by atoms with Gasteiger partial charge in [-0.25, -0.2) is 9.59 Å². The Balaban J connectivity index is 4.07. The fraction of sp³-hybridized carbons (Fsp3) is 0.826. The number of hydrogen-bond acceptors (Lipinski definition) is 3. The summed E-state index contributed by atoms with van der Waals surface area (Å²) in [4.78, 5) is 22.3. The second-order valence-corrected chi connectivity index (χ2v) is 7.55. The van der Waals surface area contributed by atoms with Crippen molar-refractivity contribution in [3.63, 3.8) is 0 Å². The molecule has 0 spiro atoms. The van der Waals surface area contributed by atoms with Crippen molar-refractivity contribution in [2.24, 2.45) is 0 Å². The summed E-state index contributed by atoms with van der Waals surface area (Å²) in [5.41, 5.74) is 0. The molecule has 0 aliphatic rings. The van der Waals surface area contributed by atoms with Gasteiger partial charge < -0.3 is 9.84 Å². The molecule has 0 heterocycles. The monoisotopic (exact) mass is 382 g/mol. The van der Waals surface area contributed by atoms with Gasteiger partial charge in [0, 0.05) is 12.2 Å². The number of carbonyl (C=O) groups is 2. The maximum Gasteiger partial charge on any atom is 0.331 e. The van der Waals surface area contributed by atoms with E-state index in [1.807, 2.05) is 0 Å². The predicted octanol–water partition coefficient (Wildman–Crippen LogP) is 6.82. The van der Waals surface area contributed by atoms with Gasteiger partial charge in [-0.2, -0.15) is 0 Å². The molecule has 27 heavy (non-hydrogen) atoms. The van der Waals surface area contributed by atoms with E-state index in [-0.39, 0.29) is 6.10 Å². The Kier molecular flexibility index (Phi) is 18.5. The standard InChI is InChI=1S/C23H42O4/c1-3-5-7-9-11-12-14-16-18-21(17-15-13-10-8-6-4-2)27-23(26)20-19-22(24)25/h19-21H,3-18H2,1-2H3,(H,24,25)/b20-19+. The highest BCUT2D eigenvalue weighted by atomic mass is 16.5. The fourth-order valence-electron chi connectivity index (χ4n) is 3.26. The number of carboxylic acid groups (broad SMARTS) is 1. The number of esters is 1. The van der Waals surface area contributed by atoms with Gasteiger partial charge in [0.15, 0.2) is 0 Å². The van der Waals surface area contributed by atoms with E-state index in [9.17, 15) is 9.59 Å². The second kappa shape index (κ2) is 19.4. The van der Waals surface area contributed by atoms with Crippen LogP contribution >= 0.6 is 0 Å². The third-order valence-electron chi connectivity index (χ3n) is 4.90. The summed E-state index contributed by atoms with van der Waals surface area (Å²) in [6.07, 6.45) is 20.9. The van der Waals surface area contributed by atoms with E-state index >= 15 is 0 Å². The summed E-state index contributed by atoms with van der Waals surface area (Å²) in [6.45, 7) is 4.45. The molecule has 0 aliphatic heterocycles. The van der Waals surface area contributed by atoms with Gasteiger partial charge in [-0.3, -0.25) is 0 Å². The number of ether oxygens (including phenoxy) is 1. The Morgan fingerprint density at radius 3 is 1.52 bits per heavy atom. The number of unbranched alkanes of at least 4 members (excludes halogenated alkanes) is 12. The van der Waals surface area contributed by atoms with E-state index in [1.54, 1.807) is 0 Å². The van der Waals surface area contributed by atoms with Gasteiger partial charge in [0.25, 0.3) is 0 Å². The third kappa shape index (κ3) is 19.3. The van der Waals surface area contributed by atoms with Crippen LogP contribution in [0.3, 0.4) is 0 Å². The van der Waals surface area contributed by atoms with Gasteiger partial charge in [0.2, 0.25) is 0 Å². The summed E-state index contributed by atoms with van der Waals surface area (Å²) in [6, 6.07) is 0. The van der Waals surface area contributed by atoms with Crippen molar-refractivity contribution >= 4 is 11.9 Å². The summed E-state index contributed by atoms with van der Waals surface area (Å²) in [5.74, 6) is -1.66. The molecular weight excluding hydrogens is 340 g/mol. The average Bonchev–Trinajstić information content (AvgIpc) is 2.64. The summed E-state index contributed by atoms with van der Waals surface area (Å²) < 4.78 is 5.50. The minimum atomic E-state index is -1.12. The highest BCUT2D eigenvalue weighted by Crippen LogP contribution is 2.17. The first kappa shape index (κ1) is 25.7. The van der Waals surface area contributed by atoms with E-state index in [0.717, 1.165) is 37.8 Å². The van der Waals surface area contributed by atoms with Gasteiger partial charge in [0.1, 0.15) is 6.10 Å². The topological polar surface area (TPSA) is 63.6 Å². The fourth-order valence-corrected chi connectivity index (χ4v) is 3.26. The Labute approximate surface area is 166 Å². The molecule has 0 radical (unpaired) electrons. The summed E-state index contributed by atoms with van der Waals surface area (Å²) >= 11 is 0. The maximum absolute atomic E-state index is 11.8. The molecule has 0 aliphatic carbocycles. The molecule has 1 atom stereocenters. The number of rotatable bonds is 19. The summed E-state index contributed by atoms with van der Waals surface area (Å²) in [5, 5.41) is 8.62. The van der Waals surface area contributed by atoms with Crippen molar-refractivity contribution in [1.82, 2.24) is 0 Å². The molecule has 0 rings (SSSR count). The number of aliphatic carboxylic acids is 1. The van der Waals surface area contributed by atoms with Crippen LogP contribution in [-0.2, 0) is 14.3 Å². The average molecular weight is 383 g/mol. The molecule has 0 aromatic rings. The van der Waals surface area contributed by atoms with Crippen molar-refractivity contribution < 1.29 is 19.4 Å².